The quantitative estimate of drug-likeness (QED) is 0.495. The monoisotopic (exact) mass is 455 g/mol. The Bertz CT molecular complexity index is 1010. The van der Waals surface area contributed by atoms with Crippen molar-refractivity contribution in [2.75, 3.05) is 7.05 Å². The molecule has 0 aliphatic carbocycles. The highest BCUT2D eigenvalue weighted by Crippen LogP contribution is 2.21. The average molecular weight is 456 g/mol. The van der Waals surface area contributed by atoms with Crippen LogP contribution in [0, 0.1) is 13.8 Å². The molecule has 0 fully saturated rings. The molecule has 0 radical (unpaired) electrons. The molecule has 152 valence electrons. The summed E-state index contributed by atoms with van der Waals surface area (Å²) in [4.78, 5) is 14.6. The number of aromatic nitrogens is 2. The molecule has 0 aliphatic heterocycles. The lowest BCUT2D eigenvalue weighted by Crippen LogP contribution is -2.26. The molecule has 0 aliphatic rings. The van der Waals surface area contributed by atoms with Gasteiger partial charge >= 0.3 is 0 Å². The number of nitrogens with zero attached hydrogens (tertiary/aromatic N) is 3. The highest BCUT2D eigenvalue weighted by molar-refractivity contribution is 9.10. The summed E-state index contributed by atoms with van der Waals surface area (Å²) in [7, 11) is 1.79. The number of carbonyl (C=O) groups excluding carboxylic acids is 1. The Morgan fingerprint density at radius 3 is 2.72 bits per heavy atom. The summed E-state index contributed by atoms with van der Waals surface area (Å²) in [6.07, 6.45) is 1.93. The van der Waals surface area contributed by atoms with E-state index in [-0.39, 0.29) is 5.91 Å². The van der Waals surface area contributed by atoms with Crippen LogP contribution in [0.1, 0.15) is 39.7 Å². The van der Waals surface area contributed by atoms with Crippen LogP contribution in [0.4, 0.5) is 0 Å². The number of hydrogen-bond donors (Lipinski definition) is 0. The standard InChI is InChI=1S/C23H26BrN3O2/c1-5-27-13-20(24)21(25-27)14-26(4)23(28)19-8-6-7-18(12-19)15-29-22-11-16(2)9-10-17(22)3/h6-13H,5,14-15H2,1-4H3. The van der Waals surface area contributed by atoms with Crippen molar-refractivity contribution in [3.63, 3.8) is 0 Å². The van der Waals surface area contributed by atoms with Crippen LogP contribution in [-0.4, -0.2) is 27.6 Å². The molecule has 2 aromatic carbocycles. The predicted octanol–water partition coefficient (Wildman–Crippen LogP) is 5.13. The minimum absolute atomic E-state index is 0.0449. The smallest absolute Gasteiger partial charge is 0.253 e. The van der Waals surface area contributed by atoms with Crippen molar-refractivity contribution < 1.29 is 9.53 Å². The Hall–Kier alpha value is -2.60. The zero-order chi connectivity index (χ0) is 21.0. The zero-order valence-electron chi connectivity index (χ0n) is 17.3. The first-order valence-corrected chi connectivity index (χ1v) is 10.4. The van der Waals surface area contributed by atoms with Gasteiger partial charge in [-0.15, -0.1) is 0 Å². The van der Waals surface area contributed by atoms with E-state index >= 15 is 0 Å². The van der Waals surface area contributed by atoms with Gasteiger partial charge in [0.2, 0.25) is 0 Å². The topological polar surface area (TPSA) is 47.4 Å². The number of halogens is 1. The minimum atomic E-state index is -0.0449. The van der Waals surface area contributed by atoms with E-state index in [1.165, 1.54) is 0 Å². The van der Waals surface area contributed by atoms with Crippen molar-refractivity contribution in [3.8, 4) is 5.75 Å². The summed E-state index contributed by atoms with van der Waals surface area (Å²) in [5, 5.41) is 4.50. The molecule has 0 saturated heterocycles. The summed E-state index contributed by atoms with van der Waals surface area (Å²) in [6, 6.07) is 13.7. The van der Waals surface area contributed by atoms with E-state index < -0.39 is 0 Å². The second-order valence-corrected chi connectivity index (χ2v) is 8.05. The molecule has 0 bridgehead atoms. The fourth-order valence-corrected chi connectivity index (χ4v) is 3.48. The van der Waals surface area contributed by atoms with E-state index in [4.69, 9.17) is 4.74 Å². The summed E-state index contributed by atoms with van der Waals surface area (Å²) in [6.45, 7) is 7.75. The van der Waals surface area contributed by atoms with Crippen molar-refractivity contribution >= 4 is 21.8 Å². The Morgan fingerprint density at radius 2 is 2.00 bits per heavy atom. The summed E-state index contributed by atoms with van der Waals surface area (Å²) < 4.78 is 8.74. The summed E-state index contributed by atoms with van der Waals surface area (Å²) >= 11 is 3.52. The van der Waals surface area contributed by atoms with Crippen LogP contribution in [0.15, 0.2) is 53.1 Å². The van der Waals surface area contributed by atoms with Gasteiger partial charge in [0.25, 0.3) is 5.91 Å². The SMILES string of the molecule is CCn1cc(Br)c(CN(C)C(=O)c2cccc(COc3cc(C)ccc3C)c2)n1. The van der Waals surface area contributed by atoms with Crippen LogP contribution < -0.4 is 4.74 Å². The van der Waals surface area contributed by atoms with Gasteiger partial charge in [0.15, 0.2) is 0 Å². The van der Waals surface area contributed by atoms with Gasteiger partial charge < -0.3 is 9.64 Å². The molecule has 1 aromatic heterocycles. The Morgan fingerprint density at radius 1 is 1.21 bits per heavy atom. The third-order valence-electron chi connectivity index (χ3n) is 4.76. The highest BCUT2D eigenvalue weighted by Gasteiger charge is 2.16. The van der Waals surface area contributed by atoms with Gasteiger partial charge in [-0.1, -0.05) is 24.3 Å². The number of carbonyl (C=O) groups is 1. The normalized spacial score (nSPS) is 10.8. The largest absolute Gasteiger partial charge is 0.489 e. The van der Waals surface area contributed by atoms with Crippen LogP contribution >= 0.6 is 15.9 Å². The van der Waals surface area contributed by atoms with Crippen LogP contribution in [0.2, 0.25) is 0 Å². The van der Waals surface area contributed by atoms with Gasteiger partial charge in [-0.05, 0) is 71.6 Å². The third-order valence-corrected chi connectivity index (χ3v) is 5.42. The van der Waals surface area contributed by atoms with Crippen molar-refractivity contribution in [3.05, 3.63) is 81.1 Å². The zero-order valence-corrected chi connectivity index (χ0v) is 18.9. The molecule has 3 aromatic rings. The first-order valence-electron chi connectivity index (χ1n) is 9.63. The maximum Gasteiger partial charge on any atom is 0.253 e. The molecule has 1 heterocycles. The second-order valence-electron chi connectivity index (χ2n) is 7.20. The lowest BCUT2D eigenvalue weighted by molar-refractivity contribution is 0.0782. The van der Waals surface area contributed by atoms with Gasteiger partial charge in [0.05, 0.1) is 16.7 Å². The van der Waals surface area contributed by atoms with Gasteiger partial charge in [0.1, 0.15) is 12.4 Å². The molecule has 0 atom stereocenters. The number of ether oxygens (including phenoxy) is 1. The maximum atomic E-state index is 12.9. The molecule has 0 N–H and O–H groups in total. The van der Waals surface area contributed by atoms with Crippen molar-refractivity contribution in [2.24, 2.45) is 0 Å². The highest BCUT2D eigenvalue weighted by atomic mass is 79.9. The maximum absolute atomic E-state index is 12.9. The summed E-state index contributed by atoms with van der Waals surface area (Å²) in [5.41, 5.74) is 4.70. The number of hydrogen-bond acceptors (Lipinski definition) is 3. The lowest BCUT2D eigenvalue weighted by atomic mass is 10.1. The Balaban J connectivity index is 1.68. The van der Waals surface area contributed by atoms with E-state index in [0.717, 1.165) is 39.2 Å². The van der Waals surface area contributed by atoms with Crippen LogP contribution in [0.5, 0.6) is 5.75 Å². The van der Waals surface area contributed by atoms with E-state index in [1.807, 2.05) is 62.0 Å². The fourth-order valence-electron chi connectivity index (χ4n) is 3.04. The van der Waals surface area contributed by atoms with E-state index in [9.17, 15) is 4.79 Å². The van der Waals surface area contributed by atoms with Crippen LogP contribution in [-0.2, 0) is 19.7 Å². The molecule has 3 rings (SSSR count). The number of rotatable bonds is 7. The molecular weight excluding hydrogens is 430 g/mol. The van der Waals surface area contributed by atoms with Crippen molar-refractivity contribution in [2.45, 2.75) is 40.5 Å². The van der Waals surface area contributed by atoms with Crippen molar-refractivity contribution in [1.29, 1.82) is 0 Å². The Kier molecular flexibility index (Phi) is 6.75. The molecule has 0 saturated carbocycles. The van der Waals surface area contributed by atoms with Gasteiger partial charge in [0, 0.05) is 25.4 Å². The summed E-state index contributed by atoms with van der Waals surface area (Å²) in [5.74, 6) is 0.826. The predicted molar refractivity (Wildman–Crippen MR) is 118 cm³/mol. The molecule has 29 heavy (non-hydrogen) atoms. The molecule has 0 spiro atoms. The molecule has 0 unspecified atom stereocenters. The fraction of sp³-hybridized carbons (Fsp3) is 0.304. The van der Waals surface area contributed by atoms with Crippen LogP contribution in [0.3, 0.4) is 0 Å². The van der Waals surface area contributed by atoms with Gasteiger partial charge in [-0.2, -0.15) is 5.10 Å². The second kappa shape index (κ2) is 9.27. The first-order chi connectivity index (χ1) is 13.9. The van der Waals surface area contributed by atoms with Gasteiger partial charge in [-0.25, -0.2) is 0 Å². The number of benzene rings is 2. The third kappa shape index (κ3) is 5.26. The molecular formula is C23H26BrN3O2. The first kappa shape index (κ1) is 21.1. The number of aryl methyl sites for hydroxylation is 3. The van der Waals surface area contributed by atoms with E-state index in [0.29, 0.717) is 18.7 Å². The average Bonchev–Trinajstić information content (AvgIpc) is 3.07. The van der Waals surface area contributed by atoms with Crippen LogP contribution in [0.25, 0.3) is 0 Å². The van der Waals surface area contributed by atoms with E-state index in [2.05, 4.69) is 33.2 Å². The molecule has 6 heteroatoms. The molecule has 1 amide bonds. The van der Waals surface area contributed by atoms with E-state index in [1.54, 1.807) is 11.9 Å². The van der Waals surface area contributed by atoms with Crippen molar-refractivity contribution in [1.82, 2.24) is 14.7 Å². The minimum Gasteiger partial charge on any atom is -0.489 e. The number of amides is 1. The molecule has 5 nitrogen and oxygen atoms in total. The lowest BCUT2D eigenvalue weighted by Gasteiger charge is -2.17. The Labute approximate surface area is 180 Å². The van der Waals surface area contributed by atoms with Gasteiger partial charge in [-0.3, -0.25) is 9.48 Å².